The molecule has 0 unspecified atom stereocenters. The zero-order valence-electron chi connectivity index (χ0n) is 11.8. The molecule has 0 spiro atoms. The summed E-state index contributed by atoms with van der Waals surface area (Å²) in [5.41, 5.74) is 3.56. The number of hydrogen-bond acceptors (Lipinski definition) is 4. The second-order valence-corrected chi connectivity index (χ2v) is 5.21. The molecule has 23 heavy (non-hydrogen) atoms. The smallest absolute Gasteiger partial charge is 0.277 e. The SMILES string of the molecule is N#Cc1ccc(OCC(=O)N/N=C\c2ccc(Cl)c(Cl)c2)cc1. The van der Waals surface area contributed by atoms with E-state index in [4.69, 9.17) is 33.2 Å². The van der Waals surface area contributed by atoms with Gasteiger partial charge in [-0.15, -0.1) is 0 Å². The number of ether oxygens (including phenoxy) is 1. The molecule has 0 aliphatic rings. The van der Waals surface area contributed by atoms with Crippen molar-refractivity contribution in [3.8, 4) is 11.8 Å². The highest BCUT2D eigenvalue weighted by Crippen LogP contribution is 2.21. The Morgan fingerprint density at radius 2 is 1.96 bits per heavy atom. The van der Waals surface area contributed by atoms with E-state index in [-0.39, 0.29) is 6.61 Å². The highest BCUT2D eigenvalue weighted by molar-refractivity contribution is 6.42. The van der Waals surface area contributed by atoms with Gasteiger partial charge in [0, 0.05) is 0 Å². The minimum Gasteiger partial charge on any atom is -0.484 e. The number of rotatable bonds is 5. The van der Waals surface area contributed by atoms with Crippen molar-refractivity contribution in [2.45, 2.75) is 0 Å². The third-order valence-electron chi connectivity index (χ3n) is 2.70. The van der Waals surface area contributed by atoms with Crippen LogP contribution in [0, 0.1) is 11.3 Å². The molecule has 7 heteroatoms. The van der Waals surface area contributed by atoms with Gasteiger partial charge in [-0.25, -0.2) is 5.43 Å². The van der Waals surface area contributed by atoms with E-state index in [2.05, 4.69) is 10.5 Å². The summed E-state index contributed by atoms with van der Waals surface area (Å²) in [4.78, 5) is 11.6. The van der Waals surface area contributed by atoms with Crippen LogP contribution in [-0.4, -0.2) is 18.7 Å². The number of halogens is 2. The van der Waals surface area contributed by atoms with E-state index >= 15 is 0 Å². The molecule has 0 fully saturated rings. The molecule has 5 nitrogen and oxygen atoms in total. The first-order chi connectivity index (χ1) is 11.1. The predicted molar refractivity (Wildman–Crippen MR) is 88.9 cm³/mol. The highest BCUT2D eigenvalue weighted by atomic mass is 35.5. The Labute approximate surface area is 143 Å². The minimum atomic E-state index is -0.411. The summed E-state index contributed by atoms with van der Waals surface area (Å²) in [6.45, 7) is -0.190. The fourth-order valence-electron chi connectivity index (χ4n) is 1.58. The molecule has 0 radical (unpaired) electrons. The zero-order chi connectivity index (χ0) is 16.7. The Hall–Kier alpha value is -2.55. The average molecular weight is 348 g/mol. The van der Waals surface area contributed by atoms with Crippen molar-refractivity contribution < 1.29 is 9.53 Å². The second-order valence-electron chi connectivity index (χ2n) is 4.39. The fraction of sp³-hybridized carbons (Fsp3) is 0.0625. The monoisotopic (exact) mass is 347 g/mol. The number of nitriles is 1. The molecule has 0 aliphatic carbocycles. The lowest BCUT2D eigenvalue weighted by Gasteiger charge is -2.04. The first-order valence-electron chi connectivity index (χ1n) is 6.48. The predicted octanol–water partition coefficient (Wildman–Crippen LogP) is 3.39. The van der Waals surface area contributed by atoms with Crippen LogP contribution in [0.3, 0.4) is 0 Å². The standard InChI is InChI=1S/C16H11Cl2N3O2/c17-14-6-3-12(7-15(14)18)9-20-21-16(22)10-23-13-4-1-11(8-19)2-5-13/h1-7,9H,10H2,(H,21,22)/b20-9-. The van der Waals surface area contributed by atoms with E-state index in [0.717, 1.165) is 0 Å². The second kappa shape index (κ2) is 8.18. The van der Waals surface area contributed by atoms with Crippen molar-refractivity contribution >= 4 is 35.3 Å². The molecule has 2 aromatic rings. The number of benzene rings is 2. The maximum Gasteiger partial charge on any atom is 0.277 e. The van der Waals surface area contributed by atoms with Gasteiger partial charge in [0.25, 0.3) is 5.91 Å². The van der Waals surface area contributed by atoms with Gasteiger partial charge in [-0.3, -0.25) is 4.79 Å². The Bertz CT molecular complexity index is 768. The molecule has 1 N–H and O–H groups in total. The number of hydrazone groups is 1. The van der Waals surface area contributed by atoms with Crippen molar-refractivity contribution in [2.24, 2.45) is 5.10 Å². The van der Waals surface area contributed by atoms with Crippen molar-refractivity contribution in [1.82, 2.24) is 5.43 Å². The average Bonchev–Trinajstić information content (AvgIpc) is 2.56. The molecule has 1 amide bonds. The van der Waals surface area contributed by atoms with Crippen LogP contribution in [0.4, 0.5) is 0 Å². The van der Waals surface area contributed by atoms with Gasteiger partial charge in [0.05, 0.1) is 27.9 Å². The molecule has 0 aliphatic heterocycles. The number of carbonyl (C=O) groups excluding carboxylic acids is 1. The van der Waals surface area contributed by atoms with Crippen LogP contribution in [0.1, 0.15) is 11.1 Å². The normalized spacial score (nSPS) is 10.3. The van der Waals surface area contributed by atoms with E-state index in [0.29, 0.717) is 26.9 Å². The summed E-state index contributed by atoms with van der Waals surface area (Å²) in [6, 6.07) is 13.4. The van der Waals surface area contributed by atoms with E-state index in [9.17, 15) is 4.79 Å². The Morgan fingerprint density at radius 1 is 1.22 bits per heavy atom. The van der Waals surface area contributed by atoms with Crippen molar-refractivity contribution in [1.29, 1.82) is 5.26 Å². The molecule has 0 saturated carbocycles. The zero-order valence-corrected chi connectivity index (χ0v) is 13.3. The van der Waals surface area contributed by atoms with Crippen LogP contribution in [0.2, 0.25) is 10.0 Å². The van der Waals surface area contributed by atoms with Crippen molar-refractivity contribution in [3.63, 3.8) is 0 Å². The molecule has 0 aromatic heterocycles. The number of hydrogen-bond donors (Lipinski definition) is 1. The number of nitrogens with one attached hydrogen (secondary N) is 1. The molecular formula is C16H11Cl2N3O2. The van der Waals surface area contributed by atoms with Gasteiger partial charge in [-0.05, 0) is 42.0 Å². The molecule has 2 aromatic carbocycles. The molecule has 0 saturated heterocycles. The van der Waals surface area contributed by atoms with Crippen LogP contribution in [0.5, 0.6) is 5.75 Å². The van der Waals surface area contributed by atoms with Crippen LogP contribution in [0.15, 0.2) is 47.6 Å². The summed E-state index contributed by atoms with van der Waals surface area (Å²) in [5, 5.41) is 13.3. The van der Waals surface area contributed by atoms with Gasteiger partial charge < -0.3 is 4.74 Å². The topological polar surface area (TPSA) is 74.5 Å². The summed E-state index contributed by atoms with van der Waals surface area (Å²) in [6.07, 6.45) is 1.45. The van der Waals surface area contributed by atoms with Gasteiger partial charge in [-0.2, -0.15) is 10.4 Å². The number of nitrogens with zero attached hydrogens (tertiary/aromatic N) is 2. The minimum absolute atomic E-state index is 0.190. The Balaban J connectivity index is 1.81. The first kappa shape index (κ1) is 16.8. The van der Waals surface area contributed by atoms with E-state index in [1.165, 1.54) is 6.21 Å². The number of amides is 1. The van der Waals surface area contributed by atoms with Gasteiger partial charge >= 0.3 is 0 Å². The summed E-state index contributed by atoms with van der Waals surface area (Å²) in [5.74, 6) is 0.0817. The molecule has 2 rings (SSSR count). The van der Waals surface area contributed by atoms with Gasteiger partial charge in [0.2, 0.25) is 0 Å². The summed E-state index contributed by atoms with van der Waals surface area (Å²) in [7, 11) is 0. The molecule has 0 bridgehead atoms. The van der Waals surface area contributed by atoms with Crippen LogP contribution in [-0.2, 0) is 4.79 Å². The Morgan fingerprint density at radius 3 is 2.61 bits per heavy atom. The van der Waals surface area contributed by atoms with Gasteiger partial charge in [0.1, 0.15) is 5.75 Å². The Kier molecular flexibility index (Phi) is 5.98. The lowest BCUT2D eigenvalue weighted by Crippen LogP contribution is -2.24. The van der Waals surface area contributed by atoms with E-state index in [1.54, 1.807) is 42.5 Å². The van der Waals surface area contributed by atoms with Crippen molar-refractivity contribution in [3.05, 3.63) is 63.6 Å². The van der Waals surface area contributed by atoms with Crippen LogP contribution < -0.4 is 10.2 Å². The van der Waals surface area contributed by atoms with Crippen LogP contribution >= 0.6 is 23.2 Å². The third-order valence-corrected chi connectivity index (χ3v) is 3.44. The molecule has 0 atom stereocenters. The van der Waals surface area contributed by atoms with E-state index < -0.39 is 5.91 Å². The third kappa shape index (κ3) is 5.29. The maximum atomic E-state index is 11.6. The lowest BCUT2D eigenvalue weighted by atomic mass is 10.2. The lowest BCUT2D eigenvalue weighted by molar-refractivity contribution is -0.123. The molecule has 116 valence electrons. The largest absolute Gasteiger partial charge is 0.484 e. The fourth-order valence-corrected chi connectivity index (χ4v) is 1.88. The highest BCUT2D eigenvalue weighted by Gasteiger charge is 2.02. The molecular weight excluding hydrogens is 337 g/mol. The molecule has 0 heterocycles. The number of carbonyl (C=O) groups is 1. The summed E-state index contributed by atoms with van der Waals surface area (Å²) < 4.78 is 5.27. The first-order valence-corrected chi connectivity index (χ1v) is 7.24. The van der Waals surface area contributed by atoms with Crippen LogP contribution in [0.25, 0.3) is 0 Å². The maximum absolute atomic E-state index is 11.6. The quantitative estimate of drug-likeness (QED) is 0.665. The van der Waals surface area contributed by atoms with Gasteiger partial charge in [-0.1, -0.05) is 29.3 Å². The summed E-state index contributed by atoms with van der Waals surface area (Å²) >= 11 is 11.7. The van der Waals surface area contributed by atoms with E-state index in [1.807, 2.05) is 6.07 Å². The van der Waals surface area contributed by atoms with Gasteiger partial charge in [0.15, 0.2) is 6.61 Å². The van der Waals surface area contributed by atoms with Crippen molar-refractivity contribution in [2.75, 3.05) is 6.61 Å².